The van der Waals surface area contributed by atoms with Crippen LogP contribution in [0, 0.1) is 17.3 Å². The fraction of sp³-hybridized carbons (Fsp3) is 0.481. The number of likely N-dealkylation sites (N-methyl/N-ethyl adjacent to an activating group) is 1. The fourth-order valence-electron chi connectivity index (χ4n) is 9.52. The molecule has 4 aromatic rings. The minimum absolute atomic E-state index is 0.120. The highest BCUT2D eigenvalue weighted by Crippen LogP contribution is 2.53. The van der Waals surface area contributed by atoms with Crippen molar-refractivity contribution in [2.45, 2.75) is 97.9 Å². The number of hydrogen-bond acceptors (Lipinski definition) is 9. The van der Waals surface area contributed by atoms with Gasteiger partial charge in [0.25, 0.3) is 18.3 Å². The lowest BCUT2D eigenvalue weighted by atomic mass is 9.80. The molecule has 6 rings (SSSR count). The number of likely N-dealkylation sites (tertiary alicyclic amines) is 1. The van der Waals surface area contributed by atoms with Crippen LogP contribution in [0.1, 0.15) is 83.7 Å². The minimum Gasteiger partial charge on any atom is -0.467 e. The predicted octanol–water partition coefficient (Wildman–Crippen LogP) is 8.05. The maximum Gasteiger partial charge on any atom is 0.293 e. The molecule has 4 atom stereocenters. The van der Waals surface area contributed by atoms with Gasteiger partial charge in [0.1, 0.15) is 18.7 Å². The number of pyridine rings is 1. The topological polar surface area (TPSA) is 138 Å². The number of allylic oxidation sites excluding steroid dienone is 1. The molecular weight excluding hydrogens is 857 g/mol. The van der Waals surface area contributed by atoms with E-state index in [1.54, 1.807) is 49.6 Å². The maximum absolute atomic E-state index is 17.5. The summed E-state index contributed by atoms with van der Waals surface area (Å²) in [6.45, 7) is 20.3. The van der Waals surface area contributed by atoms with E-state index in [2.05, 4.69) is 28.9 Å². The van der Waals surface area contributed by atoms with Crippen LogP contribution in [0.25, 0.3) is 33.3 Å². The molecule has 2 fully saturated rings. The summed E-state index contributed by atoms with van der Waals surface area (Å²) in [6.07, 6.45) is 5.22. The Balaban J connectivity index is 1.39. The number of hydrazine groups is 1. The summed E-state index contributed by atoms with van der Waals surface area (Å²) in [4.78, 5) is 62.1. The van der Waals surface area contributed by atoms with Crippen molar-refractivity contribution in [2.24, 2.45) is 17.3 Å². The monoisotopic (exact) mass is 924 g/mol. The Morgan fingerprint density at radius 3 is 2.46 bits per heavy atom. The number of amides is 3. The molecule has 13 nitrogen and oxygen atoms in total. The summed E-state index contributed by atoms with van der Waals surface area (Å²) in [6, 6.07) is 14.6. The maximum atomic E-state index is 17.5. The van der Waals surface area contributed by atoms with Gasteiger partial charge in [0, 0.05) is 81.7 Å². The number of fused-ring (bicyclic) bond motifs is 1. The summed E-state index contributed by atoms with van der Waals surface area (Å²) in [5, 5.41) is 4.93. The Morgan fingerprint density at radius 1 is 1.06 bits per heavy atom. The van der Waals surface area contributed by atoms with E-state index in [0.29, 0.717) is 78.1 Å². The second kappa shape index (κ2) is 21.4. The number of carbonyl (C=O) groups is 4. The molecule has 0 radical (unpaired) electrons. The number of methoxy groups -OCH3 is 1. The Morgan fingerprint density at radius 2 is 1.81 bits per heavy atom. The van der Waals surface area contributed by atoms with Gasteiger partial charge in [0.05, 0.1) is 34.4 Å². The van der Waals surface area contributed by atoms with Gasteiger partial charge in [-0.3, -0.25) is 29.2 Å². The zero-order valence-electron chi connectivity index (χ0n) is 40.2. The van der Waals surface area contributed by atoms with Crippen LogP contribution < -0.4 is 10.7 Å². The van der Waals surface area contributed by atoms with Gasteiger partial charge in [0.2, 0.25) is 11.8 Å². The summed E-state index contributed by atoms with van der Waals surface area (Å²) in [7, 11) is 3.19. The number of rotatable bonds is 20. The first-order chi connectivity index (χ1) is 31.9. The Labute approximate surface area is 393 Å². The number of hydrogen-bond donors (Lipinski definition) is 2. The minimum atomic E-state index is -3.53. The van der Waals surface area contributed by atoms with Crippen molar-refractivity contribution in [3.63, 3.8) is 0 Å². The van der Waals surface area contributed by atoms with Crippen LogP contribution in [0.3, 0.4) is 0 Å². The van der Waals surface area contributed by atoms with E-state index in [1.165, 1.54) is 18.7 Å². The molecule has 4 unspecified atom stereocenters. The van der Waals surface area contributed by atoms with Crippen LogP contribution in [0.5, 0.6) is 0 Å². The molecule has 4 heterocycles. The molecule has 67 heavy (non-hydrogen) atoms. The summed E-state index contributed by atoms with van der Waals surface area (Å²) in [5.41, 5.74) is 5.84. The SMILES string of the molecule is C=CC(=C)N1CCC(C(=O)N(C)C(C(=O)NC(Cc2cccc(-c3ccc4c(c3)c(C(F)(F)C(C)(C)COC=O)c(-c3cccnc3C(C)OC)n4CC)c2)C(=O)N2CCCCN2)C(C)C)C1. The molecule has 2 aromatic heterocycles. The van der Waals surface area contributed by atoms with E-state index in [-0.39, 0.29) is 42.1 Å². The van der Waals surface area contributed by atoms with Crippen molar-refractivity contribution in [3.05, 3.63) is 103 Å². The number of halogens is 2. The molecule has 2 aromatic carbocycles. The molecule has 0 saturated carbocycles. The van der Waals surface area contributed by atoms with Crippen LogP contribution in [-0.4, -0.2) is 108 Å². The van der Waals surface area contributed by atoms with E-state index in [0.717, 1.165) is 24.1 Å². The highest BCUT2D eigenvalue weighted by atomic mass is 19.3. The van der Waals surface area contributed by atoms with Gasteiger partial charge >= 0.3 is 0 Å². The zero-order chi connectivity index (χ0) is 48.8. The second-order valence-corrected chi connectivity index (χ2v) is 18.7. The van der Waals surface area contributed by atoms with Gasteiger partial charge in [-0.25, -0.2) is 14.2 Å². The van der Waals surface area contributed by atoms with E-state index in [9.17, 15) is 19.2 Å². The highest BCUT2D eigenvalue weighted by molar-refractivity contribution is 5.96. The Hall–Kier alpha value is -5.93. The normalized spacial score (nSPS) is 17.0. The van der Waals surface area contributed by atoms with E-state index in [4.69, 9.17) is 9.47 Å². The van der Waals surface area contributed by atoms with Crippen LogP contribution >= 0.6 is 0 Å². The van der Waals surface area contributed by atoms with Gasteiger partial charge in [0.15, 0.2) is 0 Å². The van der Waals surface area contributed by atoms with Crippen molar-refractivity contribution in [3.8, 4) is 22.4 Å². The van der Waals surface area contributed by atoms with Gasteiger partial charge in [-0.2, -0.15) is 0 Å². The second-order valence-electron chi connectivity index (χ2n) is 18.7. The average molecular weight is 924 g/mol. The standard InChI is InChI=1S/C52H67F2N7O6/c1-11-34(5)59-26-22-39(30-59)49(64)58(9)46(33(3)4)48(63)57-42(50(65)61-25-14-13-24-56-61)28-36-17-15-18-37(27-36)38-20-21-43-41(29-38)44(52(53,54)51(7,8)31-67-32-62)47(60(43)12-2)40-19-16-23-55-45(40)35(6)66-10/h11,15-21,23,27,29,32-33,35,39,42,46,56H,1,5,12-14,22,24-26,28,30-31H2,2-4,6-10H3,(H,57,63). The van der Waals surface area contributed by atoms with E-state index in [1.807, 2.05) is 73.6 Å². The number of aryl methyl sites for hydroxylation is 1. The fourth-order valence-corrected chi connectivity index (χ4v) is 9.52. The Bertz CT molecular complexity index is 2460. The summed E-state index contributed by atoms with van der Waals surface area (Å²) >= 11 is 0. The lowest BCUT2D eigenvalue weighted by Gasteiger charge is -2.35. The molecule has 3 amide bonds. The number of carbonyl (C=O) groups excluding carboxylic acids is 4. The third-order valence-electron chi connectivity index (χ3n) is 13.4. The number of ether oxygens (including phenoxy) is 2. The van der Waals surface area contributed by atoms with Crippen molar-refractivity contribution in [2.75, 3.05) is 46.9 Å². The number of alkyl halides is 2. The van der Waals surface area contributed by atoms with Gasteiger partial charge in [-0.1, -0.05) is 71.2 Å². The molecular formula is C52H67F2N7O6. The molecule has 15 heteroatoms. The van der Waals surface area contributed by atoms with Crippen LogP contribution in [0.4, 0.5) is 8.78 Å². The van der Waals surface area contributed by atoms with Crippen LogP contribution in [-0.2, 0) is 47.5 Å². The van der Waals surface area contributed by atoms with E-state index >= 15 is 8.78 Å². The van der Waals surface area contributed by atoms with Gasteiger partial charge < -0.3 is 29.2 Å². The van der Waals surface area contributed by atoms with Crippen LogP contribution in [0.2, 0.25) is 0 Å². The molecule has 2 saturated heterocycles. The Kier molecular flexibility index (Phi) is 16.1. The first-order valence-electron chi connectivity index (χ1n) is 23.3. The van der Waals surface area contributed by atoms with Crippen LogP contribution in [0.15, 0.2) is 85.7 Å². The summed E-state index contributed by atoms with van der Waals surface area (Å²) in [5.74, 6) is -5.01. The molecule has 2 aliphatic heterocycles. The van der Waals surface area contributed by atoms with Gasteiger partial charge in [-0.05, 0) is 86.1 Å². The number of benzene rings is 2. The summed E-state index contributed by atoms with van der Waals surface area (Å²) < 4.78 is 47.6. The molecule has 0 spiro atoms. The molecule has 360 valence electrons. The largest absolute Gasteiger partial charge is 0.467 e. The van der Waals surface area contributed by atoms with E-state index < -0.39 is 42.0 Å². The molecule has 2 N–H and O–H groups in total. The first-order valence-corrected chi connectivity index (χ1v) is 23.3. The quantitative estimate of drug-likeness (QED) is 0.0667. The number of nitrogens with one attached hydrogen (secondary N) is 2. The van der Waals surface area contributed by atoms with Crippen molar-refractivity contribution in [1.82, 2.24) is 35.1 Å². The van der Waals surface area contributed by atoms with Crippen molar-refractivity contribution >= 4 is 35.1 Å². The number of aromatic nitrogens is 2. The lowest BCUT2D eigenvalue weighted by Crippen LogP contribution is -2.59. The number of nitrogens with zero attached hydrogens (tertiary/aromatic N) is 5. The lowest BCUT2D eigenvalue weighted by molar-refractivity contribution is -0.154. The van der Waals surface area contributed by atoms with Gasteiger partial charge in [-0.15, -0.1) is 0 Å². The van der Waals surface area contributed by atoms with Crippen molar-refractivity contribution in [1.29, 1.82) is 0 Å². The molecule has 0 bridgehead atoms. The zero-order valence-corrected chi connectivity index (χ0v) is 40.2. The van der Waals surface area contributed by atoms with Crippen molar-refractivity contribution < 1.29 is 37.4 Å². The third kappa shape index (κ3) is 10.5. The third-order valence-corrected chi connectivity index (χ3v) is 13.4. The average Bonchev–Trinajstić information content (AvgIpc) is 3.96. The molecule has 2 aliphatic rings. The highest BCUT2D eigenvalue weighted by Gasteiger charge is 2.52. The first kappa shape index (κ1) is 50.5. The smallest absolute Gasteiger partial charge is 0.293 e. The predicted molar refractivity (Wildman–Crippen MR) is 256 cm³/mol. The molecule has 0 aliphatic carbocycles.